The van der Waals surface area contributed by atoms with Crippen LogP contribution in [-0.2, 0) is 5.41 Å². The van der Waals surface area contributed by atoms with E-state index in [0.29, 0.717) is 22.5 Å². The van der Waals surface area contributed by atoms with Crippen molar-refractivity contribution in [2.45, 2.75) is 74.7 Å². The molecule has 33 heavy (non-hydrogen) atoms. The summed E-state index contributed by atoms with van der Waals surface area (Å²) in [5, 5.41) is 0.755. The molecule has 0 atom stereocenters. The molecule has 0 saturated heterocycles. The Morgan fingerprint density at radius 2 is 1.18 bits per heavy atom. The highest BCUT2D eigenvalue weighted by Gasteiger charge is 2.50. The zero-order valence-electron chi connectivity index (χ0n) is 21.1. The monoisotopic (exact) mass is 442 g/mol. The molecule has 0 spiro atoms. The molecule has 0 N–H and O–H groups in total. The van der Waals surface area contributed by atoms with Gasteiger partial charge in [-0.2, -0.15) is 0 Å². The molecule has 0 radical (unpaired) electrons. The van der Waals surface area contributed by atoms with Crippen LogP contribution in [0.1, 0.15) is 84.8 Å². The second-order valence-electron chi connectivity index (χ2n) is 10.3. The Balaban J connectivity index is 1.86. The SMILES string of the molecule is Cc1c(C)c(C)c2c(c1C)OC1=C(C(=O)c3c(oc4c(C)c(C)c(C)c(C)c34)C1=O)C2(C)C. The van der Waals surface area contributed by atoms with Crippen LogP contribution in [0.4, 0.5) is 0 Å². The van der Waals surface area contributed by atoms with Gasteiger partial charge in [0, 0.05) is 16.4 Å². The smallest absolute Gasteiger partial charge is 0.264 e. The van der Waals surface area contributed by atoms with E-state index in [-0.39, 0.29) is 23.1 Å². The van der Waals surface area contributed by atoms with Gasteiger partial charge < -0.3 is 9.15 Å². The molecule has 3 aromatic rings. The third kappa shape index (κ3) is 2.41. The minimum atomic E-state index is -0.688. The number of ether oxygens (including phenoxy) is 1. The number of allylic oxidation sites excluding steroid dienone is 2. The topological polar surface area (TPSA) is 56.5 Å². The molecule has 170 valence electrons. The molecular weight excluding hydrogens is 412 g/mol. The summed E-state index contributed by atoms with van der Waals surface area (Å²) >= 11 is 0. The number of Topliss-reactive ketones (excluding diaryl/α,β-unsaturated/α-hetero) is 2. The molecule has 0 saturated carbocycles. The van der Waals surface area contributed by atoms with E-state index >= 15 is 0 Å². The van der Waals surface area contributed by atoms with Crippen molar-refractivity contribution in [2.24, 2.45) is 0 Å². The van der Waals surface area contributed by atoms with Gasteiger partial charge in [-0.3, -0.25) is 9.59 Å². The van der Waals surface area contributed by atoms with Crippen LogP contribution >= 0.6 is 0 Å². The molecule has 4 heteroatoms. The van der Waals surface area contributed by atoms with Crippen molar-refractivity contribution in [3.05, 3.63) is 72.7 Å². The number of hydrogen-bond acceptors (Lipinski definition) is 4. The fourth-order valence-electron chi connectivity index (χ4n) is 5.84. The van der Waals surface area contributed by atoms with Crippen LogP contribution in [0.2, 0.25) is 0 Å². The van der Waals surface area contributed by atoms with Crippen LogP contribution in [0.25, 0.3) is 11.0 Å². The number of carbonyl (C=O) groups is 2. The van der Waals surface area contributed by atoms with Gasteiger partial charge in [0.2, 0.25) is 0 Å². The maximum absolute atomic E-state index is 14.2. The van der Waals surface area contributed by atoms with Gasteiger partial charge >= 0.3 is 0 Å². The molecule has 0 fully saturated rings. The zero-order chi connectivity index (χ0) is 24.3. The molecule has 2 heterocycles. The number of rotatable bonds is 0. The first kappa shape index (κ1) is 21.7. The van der Waals surface area contributed by atoms with Gasteiger partial charge in [0.15, 0.2) is 17.3 Å². The summed E-state index contributed by atoms with van der Waals surface area (Å²) in [6, 6.07) is 0. The lowest BCUT2D eigenvalue weighted by Crippen LogP contribution is -2.39. The average Bonchev–Trinajstić information content (AvgIpc) is 3.17. The van der Waals surface area contributed by atoms with Crippen LogP contribution in [0.5, 0.6) is 5.75 Å². The van der Waals surface area contributed by atoms with E-state index in [4.69, 9.17) is 9.15 Å². The Kier molecular flexibility index (Phi) is 4.25. The standard InChI is InChI=1S/C29H30O4/c1-11-13(3)17(7)25-19(15(11)5)20-23(30)22-28(24(31)27(20)32-25)33-26-18(8)14(4)12(2)16(6)21(26)29(22,9)10/h1-10H3. The molecule has 2 aliphatic rings. The average molecular weight is 443 g/mol. The molecule has 0 unspecified atom stereocenters. The van der Waals surface area contributed by atoms with Crippen molar-refractivity contribution in [3.8, 4) is 5.75 Å². The maximum Gasteiger partial charge on any atom is 0.264 e. The van der Waals surface area contributed by atoms with Crippen molar-refractivity contribution in [2.75, 3.05) is 0 Å². The van der Waals surface area contributed by atoms with Gasteiger partial charge in [-0.25, -0.2) is 0 Å². The summed E-state index contributed by atoms with van der Waals surface area (Å²) in [5.74, 6) is 0.383. The van der Waals surface area contributed by atoms with Crippen LogP contribution in [0.3, 0.4) is 0 Å². The van der Waals surface area contributed by atoms with E-state index in [0.717, 1.165) is 49.9 Å². The van der Waals surface area contributed by atoms with E-state index < -0.39 is 5.41 Å². The third-order valence-electron chi connectivity index (χ3n) is 8.49. The summed E-state index contributed by atoms with van der Waals surface area (Å²) < 4.78 is 12.4. The maximum atomic E-state index is 14.2. The Morgan fingerprint density at radius 1 is 0.636 bits per heavy atom. The van der Waals surface area contributed by atoms with Crippen LogP contribution < -0.4 is 4.74 Å². The lowest BCUT2D eigenvalue weighted by atomic mass is 9.67. The molecular formula is C29H30O4. The summed E-state index contributed by atoms with van der Waals surface area (Å²) in [4.78, 5) is 27.9. The highest BCUT2D eigenvalue weighted by atomic mass is 16.5. The normalized spacial score (nSPS) is 16.7. The number of ketones is 2. The third-order valence-corrected chi connectivity index (χ3v) is 8.49. The zero-order valence-corrected chi connectivity index (χ0v) is 21.1. The number of furan rings is 1. The first-order valence-electron chi connectivity index (χ1n) is 11.5. The van der Waals surface area contributed by atoms with E-state index in [9.17, 15) is 9.59 Å². The fourth-order valence-corrected chi connectivity index (χ4v) is 5.84. The summed E-state index contributed by atoms with van der Waals surface area (Å²) in [6.45, 7) is 20.4. The molecule has 2 aromatic carbocycles. The van der Waals surface area contributed by atoms with Crippen molar-refractivity contribution in [1.29, 1.82) is 0 Å². The van der Waals surface area contributed by atoms with Crippen molar-refractivity contribution >= 4 is 22.5 Å². The second-order valence-corrected chi connectivity index (χ2v) is 10.3. The van der Waals surface area contributed by atoms with Gasteiger partial charge in [0.1, 0.15) is 11.3 Å². The number of carbonyl (C=O) groups excluding carboxylic acids is 2. The highest BCUT2D eigenvalue weighted by Crippen LogP contribution is 2.52. The molecule has 1 aromatic heterocycles. The highest BCUT2D eigenvalue weighted by molar-refractivity contribution is 6.31. The summed E-state index contributed by atoms with van der Waals surface area (Å²) in [7, 11) is 0. The van der Waals surface area contributed by atoms with E-state index in [1.807, 2.05) is 41.5 Å². The first-order chi connectivity index (χ1) is 15.3. The Labute approximate surface area is 194 Å². The molecule has 1 aliphatic heterocycles. The minimum absolute atomic E-state index is 0.0995. The molecule has 0 bridgehead atoms. The Hall–Kier alpha value is -3.14. The first-order valence-corrected chi connectivity index (χ1v) is 11.5. The lowest BCUT2D eigenvalue weighted by Gasteiger charge is -2.39. The van der Waals surface area contributed by atoms with Crippen LogP contribution in [0, 0.1) is 55.4 Å². The molecule has 0 amide bonds. The van der Waals surface area contributed by atoms with Gasteiger partial charge in [-0.05, 0) is 99.9 Å². The van der Waals surface area contributed by atoms with Gasteiger partial charge in [-0.1, -0.05) is 13.8 Å². The predicted molar refractivity (Wildman–Crippen MR) is 130 cm³/mol. The number of hydrogen-bond donors (Lipinski definition) is 0. The van der Waals surface area contributed by atoms with E-state index in [1.54, 1.807) is 0 Å². The number of fused-ring (bicyclic) bond motifs is 4. The van der Waals surface area contributed by atoms with Gasteiger partial charge in [-0.15, -0.1) is 0 Å². The second kappa shape index (κ2) is 6.47. The number of aryl methyl sites for hydroxylation is 2. The van der Waals surface area contributed by atoms with Crippen molar-refractivity contribution < 1.29 is 18.7 Å². The summed E-state index contributed by atoms with van der Waals surface area (Å²) in [5.41, 5.74) is 10.3. The molecule has 4 nitrogen and oxygen atoms in total. The fraction of sp³-hybridized carbons (Fsp3) is 0.379. The largest absolute Gasteiger partial charge is 0.452 e. The van der Waals surface area contributed by atoms with Crippen LogP contribution in [-0.4, -0.2) is 11.6 Å². The van der Waals surface area contributed by atoms with Crippen LogP contribution in [0.15, 0.2) is 15.7 Å². The number of benzene rings is 2. The lowest BCUT2D eigenvalue weighted by molar-refractivity contribution is 0.0896. The van der Waals surface area contributed by atoms with Gasteiger partial charge in [0.05, 0.1) is 11.1 Å². The Bertz CT molecular complexity index is 1510. The Morgan fingerprint density at radius 3 is 1.82 bits per heavy atom. The predicted octanol–water partition coefficient (Wildman–Crippen LogP) is 6.90. The van der Waals surface area contributed by atoms with Crippen molar-refractivity contribution in [3.63, 3.8) is 0 Å². The van der Waals surface area contributed by atoms with E-state index in [2.05, 4.69) is 27.7 Å². The summed E-state index contributed by atoms with van der Waals surface area (Å²) in [6.07, 6.45) is 0. The van der Waals surface area contributed by atoms with Gasteiger partial charge in [0.25, 0.3) is 5.78 Å². The van der Waals surface area contributed by atoms with E-state index in [1.165, 1.54) is 5.56 Å². The quantitative estimate of drug-likeness (QED) is 0.380. The van der Waals surface area contributed by atoms with Crippen molar-refractivity contribution in [1.82, 2.24) is 0 Å². The molecule has 5 rings (SSSR count). The molecule has 1 aliphatic carbocycles. The minimum Gasteiger partial charge on any atom is -0.452 e.